The summed E-state index contributed by atoms with van der Waals surface area (Å²) in [5, 5.41) is 0.701. The number of halogens is 1. The van der Waals surface area contributed by atoms with Gasteiger partial charge in [0.05, 0.1) is 18.1 Å². The van der Waals surface area contributed by atoms with Gasteiger partial charge in [0.25, 0.3) is 0 Å². The van der Waals surface area contributed by atoms with Crippen LogP contribution < -0.4 is 4.74 Å². The van der Waals surface area contributed by atoms with E-state index in [4.69, 9.17) is 16.3 Å². The minimum Gasteiger partial charge on any atom is -0.492 e. The van der Waals surface area contributed by atoms with E-state index in [-0.39, 0.29) is 0 Å². The highest BCUT2D eigenvalue weighted by Crippen LogP contribution is 2.19. The fraction of sp³-hybridized carbons (Fsp3) is 0.308. The summed E-state index contributed by atoms with van der Waals surface area (Å²) in [4.78, 5) is 11.3. The van der Waals surface area contributed by atoms with Crippen molar-refractivity contribution < 1.29 is 4.74 Å². The molecular weight excluding hydrogens is 406 g/mol. The van der Waals surface area contributed by atoms with E-state index >= 15 is 0 Å². The summed E-state index contributed by atoms with van der Waals surface area (Å²) in [6, 6.07) is 15.4. The maximum atomic E-state index is 5.93. The lowest BCUT2D eigenvalue weighted by Crippen LogP contribution is -2.35. The first-order valence-electron chi connectivity index (χ1n) is 10.7. The molecule has 3 aromatic rings. The van der Waals surface area contributed by atoms with Gasteiger partial charge in [-0.2, -0.15) is 0 Å². The van der Waals surface area contributed by atoms with Crippen LogP contribution in [-0.2, 0) is 0 Å². The van der Waals surface area contributed by atoms with E-state index in [0.29, 0.717) is 10.7 Å². The number of aromatic nitrogens is 2. The highest BCUT2D eigenvalue weighted by atomic mass is 35.5. The van der Waals surface area contributed by atoms with Crippen molar-refractivity contribution in [2.75, 3.05) is 26.2 Å². The molecule has 0 saturated carbocycles. The van der Waals surface area contributed by atoms with E-state index in [1.54, 1.807) is 12.4 Å². The Labute approximate surface area is 189 Å². The molecule has 1 aliphatic rings. The molecule has 4 nitrogen and oxygen atoms in total. The van der Waals surface area contributed by atoms with Crippen molar-refractivity contribution in [3.05, 3.63) is 77.2 Å². The van der Waals surface area contributed by atoms with Crippen LogP contribution in [-0.4, -0.2) is 41.1 Å². The first-order chi connectivity index (χ1) is 15.2. The fourth-order valence-corrected chi connectivity index (χ4v) is 3.64. The monoisotopic (exact) mass is 431 g/mol. The second-order valence-corrected chi connectivity index (χ2v) is 8.38. The summed E-state index contributed by atoms with van der Waals surface area (Å²) < 4.78 is 5.90. The van der Waals surface area contributed by atoms with Crippen LogP contribution >= 0.6 is 11.6 Å². The molecule has 0 bridgehead atoms. The standard InChI is InChI=1S/C26H26ClN3O/c1-20-12-14-30(15-13-20)16-17-31-25-10-3-21(4-11-25)2-9-24-18-29-26(19-28-24)22-5-7-23(27)8-6-22/h3-8,10-11,18-20H,12-17H2,1H3. The van der Waals surface area contributed by atoms with Crippen LogP contribution in [0.1, 0.15) is 31.0 Å². The first kappa shape index (κ1) is 21.4. The van der Waals surface area contributed by atoms with Crippen molar-refractivity contribution in [3.8, 4) is 28.8 Å². The predicted octanol–water partition coefficient (Wildman–Crippen LogP) is 5.31. The summed E-state index contributed by atoms with van der Waals surface area (Å²) in [7, 11) is 0. The summed E-state index contributed by atoms with van der Waals surface area (Å²) in [5.41, 5.74) is 3.32. The van der Waals surface area contributed by atoms with Gasteiger partial charge < -0.3 is 4.74 Å². The third-order valence-corrected chi connectivity index (χ3v) is 5.79. The molecule has 0 atom stereocenters. The Morgan fingerprint density at radius 1 is 0.968 bits per heavy atom. The molecule has 0 spiro atoms. The Bertz CT molecular complexity index is 1030. The van der Waals surface area contributed by atoms with Crippen LogP contribution in [0, 0.1) is 17.8 Å². The largest absolute Gasteiger partial charge is 0.492 e. The molecule has 2 heterocycles. The third-order valence-electron chi connectivity index (χ3n) is 5.53. The van der Waals surface area contributed by atoms with Gasteiger partial charge >= 0.3 is 0 Å². The van der Waals surface area contributed by atoms with Gasteiger partial charge in [-0.25, -0.2) is 4.98 Å². The van der Waals surface area contributed by atoms with Crippen LogP contribution in [0.4, 0.5) is 0 Å². The Kier molecular flexibility index (Phi) is 7.19. The lowest BCUT2D eigenvalue weighted by Gasteiger charge is -2.29. The Morgan fingerprint density at radius 3 is 2.39 bits per heavy atom. The molecule has 5 heteroatoms. The first-order valence-corrected chi connectivity index (χ1v) is 11.1. The quantitative estimate of drug-likeness (QED) is 0.513. The maximum Gasteiger partial charge on any atom is 0.131 e. The number of piperidine rings is 1. The number of nitrogens with zero attached hydrogens (tertiary/aromatic N) is 3. The number of rotatable bonds is 5. The van der Waals surface area contributed by atoms with E-state index in [1.807, 2.05) is 48.5 Å². The molecule has 2 aromatic carbocycles. The average Bonchev–Trinajstić information content (AvgIpc) is 2.81. The van der Waals surface area contributed by atoms with Gasteiger partial charge in [-0.3, -0.25) is 9.88 Å². The number of hydrogen-bond donors (Lipinski definition) is 0. The molecule has 0 amide bonds. The van der Waals surface area contributed by atoms with Crippen molar-refractivity contribution in [2.45, 2.75) is 19.8 Å². The van der Waals surface area contributed by atoms with Gasteiger partial charge in [-0.15, -0.1) is 0 Å². The van der Waals surface area contributed by atoms with Crippen LogP contribution in [0.2, 0.25) is 5.02 Å². The number of ether oxygens (including phenoxy) is 1. The Morgan fingerprint density at radius 2 is 1.71 bits per heavy atom. The molecule has 0 aliphatic carbocycles. The lowest BCUT2D eigenvalue weighted by atomic mass is 9.99. The second-order valence-electron chi connectivity index (χ2n) is 7.94. The highest BCUT2D eigenvalue weighted by Gasteiger charge is 2.15. The average molecular weight is 432 g/mol. The number of likely N-dealkylation sites (tertiary alicyclic amines) is 1. The minimum atomic E-state index is 0.633. The van der Waals surface area contributed by atoms with E-state index in [9.17, 15) is 0 Å². The summed E-state index contributed by atoms with van der Waals surface area (Å²) in [6.07, 6.45) is 6.01. The highest BCUT2D eigenvalue weighted by molar-refractivity contribution is 6.30. The zero-order chi connectivity index (χ0) is 21.5. The van der Waals surface area contributed by atoms with Gasteiger partial charge in [-0.05, 0) is 74.2 Å². The van der Waals surface area contributed by atoms with Crippen LogP contribution in [0.3, 0.4) is 0 Å². The molecule has 4 rings (SSSR count). The topological polar surface area (TPSA) is 38.2 Å². The van der Waals surface area contributed by atoms with Crippen molar-refractivity contribution in [2.24, 2.45) is 5.92 Å². The minimum absolute atomic E-state index is 0.633. The Balaban J connectivity index is 1.28. The van der Waals surface area contributed by atoms with E-state index < -0.39 is 0 Å². The maximum absolute atomic E-state index is 5.93. The predicted molar refractivity (Wildman–Crippen MR) is 125 cm³/mol. The molecule has 0 unspecified atom stereocenters. The van der Waals surface area contributed by atoms with Crippen molar-refractivity contribution in [1.29, 1.82) is 0 Å². The van der Waals surface area contributed by atoms with E-state index in [1.165, 1.54) is 25.9 Å². The van der Waals surface area contributed by atoms with Gasteiger partial charge in [0.2, 0.25) is 0 Å². The van der Waals surface area contributed by atoms with Crippen LogP contribution in [0.25, 0.3) is 11.3 Å². The fourth-order valence-electron chi connectivity index (χ4n) is 3.51. The normalized spacial score (nSPS) is 14.6. The lowest BCUT2D eigenvalue weighted by molar-refractivity contribution is 0.160. The second kappa shape index (κ2) is 10.4. The smallest absolute Gasteiger partial charge is 0.131 e. The summed E-state index contributed by atoms with van der Waals surface area (Å²) >= 11 is 5.93. The molecule has 0 N–H and O–H groups in total. The van der Waals surface area contributed by atoms with Gasteiger partial charge in [0, 0.05) is 22.7 Å². The molecule has 1 aromatic heterocycles. The zero-order valence-electron chi connectivity index (χ0n) is 17.7. The molecule has 1 aliphatic heterocycles. The molecule has 1 fully saturated rings. The van der Waals surface area contributed by atoms with E-state index in [0.717, 1.165) is 41.6 Å². The molecule has 0 radical (unpaired) electrons. The molecule has 158 valence electrons. The van der Waals surface area contributed by atoms with Gasteiger partial charge in [-0.1, -0.05) is 36.6 Å². The molecule has 31 heavy (non-hydrogen) atoms. The molecular formula is C26H26ClN3O. The SMILES string of the molecule is CC1CCN(CCOc2ccc(C#Cc3cnc(-c4ccc(Cl)cc4)cn3)cc2)CC1. The summed E-state index contributed by atoms with van der Waals surface area (Å²) in [5.74, 6) is 7.94. The third kappa shape index (κ3) is 6.30. The van der Waals surface area contributed by atoms with Crippen LogP contribution in [0.15, 0.2) is 60.9 Å². The van der Waals surface area contributed by atoms with Crippen molar-refractivity contribution in [3.63, 3.8) is 0 Å². The van der Waals surface area contributed by atoms with Gasteiger partial charge in [0.15, 0.2) is 0 Å². The molecule has 1 saturated heterocycles. The zero-order valence-corrected chi connectivity index (χ0v) is 18.5. The van der Waals surface area contributed by atoms with Crippen LogP contribution in [0.5, 0.6) is 5.75 Å². The summed E-state index contributed by atoms with van der Waals surface area (Å²) in [6.45, 7) is 6.40. The van der Waals surface area contributed by atoms with Gasteiger partial charge in [0.1, 0.15) is 18.1 Å². The number of hydrogen-bond acceptors (Lipinski definition) is 4. The van der Waals surface area contributed by atoms with Crippen molar-refractivity contribution in [1.82, 2.24) is 14.9 Å². The van der Waals surface area contributed by atoms with E-state index in [2.05, 4.69) is 33.6 Å². The Hall–Kier alpha value is -2.87. The van der Waals surface area contributed by atoms with Crippen molar-refractivity contribution >= 4 is 11.6 Å². The number of benzene rings is 2.